The molecular formula is C56H38F8N12. The molecule has 0 fully saturated rings. The molecule has 0 unspecified atom stereocenters. The standard InChI is InChI=1S/C56H38F8N12/c1-31-23-65-27-69(31)73(43-13-35(57)9-36(58)14-43)51-21-52(74(70-28-66-24-32(70)2)44-15-37(59)10-38(60)16-44)48-7-8-50-54(76(72-30-68-26-34(72)4)46-19-41(63)12-42(64)20-46)22-53(49-6-5-47(51)55(48)56(49)50)75(71-29-67-25-33(71)3)45-17-39(61)11-40(62)18-45/h5-30H,1-4H3. The fraction of sp³-hybridized carbons (Fsp3) is 0.0714. The smallest absolute Gasteiger partial charge is 0.128 e. The first-order valence-electron chi connectivity index (χ1n) is 23.4. The van der Waals surface area contributed by atoms with Crippen LogP contribution in [0.15, 0.2) is 159 Å². The van der Waals surface area contributed by atoms with Gasteiger partial charge in [-0.2, -0.15) is 0 Å². The maximum Gasteiger partial charge on any atom is 0.128 e. The first-order chi connectivity index (χ1) is 36.6. The van der Waals surface area contributed by atoms with Crippen molar-refractivity contribution in [1.82, 2.24) is 38.6 Å². The van der Waals surface area contributed by atoms with Crippen molar-refractivity contribution in [1.29, 1.82) is 0 Å². The summed E-state index contributed by atoms with van der Waals surface area (Å²) in [5.74, 6) is -7.20. The van der Waals surface area contributed by atoms with Crippen molar-refractivity contribution in [2.75, 3.05) is 20.0 Å². The number of benzene rings is 8. The Balaban J connectivity index is 1.32. The molecule has 20 heteroatoms. The van der Waals surface area contributed by atoms with E-state index in [0.29, 0.717) is 55.1 Å². The Morgan fingerprint density at radius 3 is 0.658 bits per heavy atom. The summed E-state index contributed by atoms with van der Waals surface area (Å²) in [7, 11) is 0. The number of imidazole rings is 4. The van der Waals surface area contributed by atoms with Crippen molar-refractivity contribution in [3.05, 3.63) is 229 Å². The first kappa shape index (κ1) is 47.3. The van der Waals surface area contributed by atoms with Crippen LogP contribution in [0.2, 0.25) is 0 Å². The van der Waals surface area contributed by atoms with Gasteiger partial charge < -0.3 is 0 Å². The Kier molecular flexibility index (Phi) is 11.2. The van der Waals surface area contributed by atoms with Crippen molar-refractivity contribution >= 4 is 77.8 Å². The highest BCUT2D eigenvalue weighted by molar-refractivity contribution is 6.32. The molecule has 0 spiro atoms. The topological polar surface area (TPSA) is 84.2 Å². The van der Waals surface area contributed by atoms with Crippen LogP contribution in [0.1, 0.15) is 22.8 Å². The van der Waals surface area contributed by atoms with E-state index in [1.807, 2.05) is 0 Å². The third-order valence-electron chi connectivity index (χ3n) is 13.1. The summed E-state index contributed by atoms with van der Waals surface area (Å²) in [6.07, 6.45) is 12.0. The number of hydrogen-bond acceptors (Lipinski definition) is 8. The lowest BCUT2D eigenvalue weighted by Crippen LogP contribution is -2.28. The molecule has 12 rings (SSSR count). The third-order valence-corrected chi connectivity index (χ3v) is 13.1. The molecule has 0 saturated heterocycles. The monoisotopic (exact) mass is 1030 g/mol. The number of hydrogen-bond donors (Lipinski definition) is 0. The van der Waals surface area contributed by atoms with Crippen LogP contribution in [0.3, 0.4) is 0 Å². The summed E-state index contributed by atoms with van der Waals surface area (Å²) >= 11 is 0. The molecule has 0 amide bonds. The highest BCUT2D eigenvalue weighted by Crippen LogP contribution is 2.52. The summed E-state index contributed by atoms with van der Waals surface area (Å²) < 4.78 is 131. The summed E-state index contributed by atoms with van der Waals surface area (Å²) in [6, 6.07) is 22.6. The highest BCUT2D eigenvalue weighted by Gasteiger charge is 2.31. The van der Waals surface area contributed by atoms with Crippen molar-refractivity contribution < 1.29 is 35.1 Å². The van der Waals surface area contributed by atoms with Crippen LogP contribution in [0, 0.1) is 74.2 Å². The van der Waals surface area contributed by atoms with E-state index >= 15 is 35.1 Å². The van der Waals surface area contributed by atoms with Crippen molar-refractivity contribution in [2.45, 2.75) is 27.7 Å². The van der Waals surface area contributed by atoms with E-state index in [9.17, 15) is 0 Å². The van der Waals surface area contributed by atoms with Crippen LogP contribution in [-0.4, -0.2) is 38.6 Å². The highest BCUT2D eigenvalue weighted by atomic mass is 19.2. The number of aromatic nitrogens is 8. The van der Waals surface area contributed by atoms with Gasteiger partial charge in [-0.15, -0.1) is 0 Å². The third kappa shape index (κ3) is 7.92. The van der Waals surface area contributed by atoms with Crippen LogP contribution in [-0.2, 0) is 0 Å². The first-order valence-corrected chi connectivity index (χ1v) is 23.4. The second-order valence-electron chi connectivity index (χ2n) is 18.2. The molecule has 4 aromatic heterocycles. The van der Waals surface area contributed by atoms with Gasteiger partial charge >= 0.3 is 0 Å². The number of halogens is 8. The van der Waals surface area contributed by atoms with Gasteiger partial charge in [-0.3, -0.25) is 0 Å². The zero-order chi connectivity index (χ0) is 52.8. The molecule has 0 bridgehead atoms. The summed E-state index contributed by atoms with van der Waals surface area (Å²) in [6.45, 7) is 6.97. The molecule has 12 aromatic rings. The Hall–Kier alpha value is -9.72. The molecule has 0 radical (unpaired) electrons. The fourth-order valence-electron chi connectivity index (χ4n) is 10.0. The number of rotatable bonds is 12. The Morgan fingerprint density at radius 2 is 0.487 bits per heavy atom. The summed E-state index contributed by atoms with van der Waals surface area (Å²) in [4.78, 5) is 17.5. The van der Waals surface area contributed by atoms with Gasteiger partial charge in [0.2, 0.25) is 0 Å². The van der Waals surface area contributed by atoms with Crippen LogP contribution in [0.25, 0.3) is 32.3 Å². The zero-order valence-electron chi connectivity index (χ0n) is 40.4. The number of anilines is 8. The van der Waals surface area contributed by atoms with Gasteiger partial charge in [0.15, 0.2) is 0 Å². The van der Waals surface area contributed by atoms with Gasteiger partial charge in [-0.1, -0.05) is 24.3 Å². The van der Waals surface area contributed by atoms with E-state index in [1.165, 1.54) is 25.3 Å². The minimum atomic E-state index is -0.900. The SMILES string of the molecule is Cc1cncn1N(c1cc(F)cc(F)c1)c1cc(N(c2cc(F)cc(F)c2)n2cncc2C)c2ccc3c(N(c4cc(F)cc(F)c4)n4cncc4C)cc(N(c4cc(F)cc(F)c4)n4cncc4C)c4ccc1c2c43. The second-order valence-corrected chi connectivity index (χ2v) is 18.2. The molecule has 0 aliphatic carbocycles. The molecule has 378 valence electrons. The van der Waals surface area contributed by atoms with Gasteiger partial charge in [0.25, 0.3) is 0 Å². The molecule has 0 atom stereocenters. The molecule has 76 heavy (non-hydrogen) atoms. The second kappa shape index (κ2) is 18.0. The molecule has 4 heterocycles. The van der Waals surface area contributed by atoms with E-state index in [1.54, 1.807) is 128 Å². The lowest BCUT2D eigenvalue weighted by molar-refractivity contribution is 0.580. The molecule has 0 N–H and O–H groups in total. The largest absolute Gasteiger partial charge is 0.248 e. The molecule has 8 aromatic carbocycles. The van der Waals surface area contributed by atoms with Gasteiger partial charge in [-0.25, -0.2) is 93.8 Å². The van der Waals surface area contributed by atoms with E-state index in [-0.39, 0.29) is 45.5 Å². The van der Waals surface area contributed by atoms with E-state index < -0.39 is 46.5 Å². The zero-order valence-corrected chi connectivity index (χ0v) is 40.4. The molecule has 12 nitrogen and oxygen atoms in total. The lowest BCUT2D eigenvalue weighted by atomic mass is 9.90. The number of nitrogens with zero attached hydrogens (tertiary/aromatic N) is 12. The Bertz CT molecular complexity index is 3630. The average molecular weight is 1030 g/mol. The minimum Gasteiger partial charge on any atom is -0.248 e. The molecule has 0 aliphatic heterocycles. The normalized spacial score (nSPS) is 11.7. The van der Waals surface area contributed by atoms with Gasteiger partial charge in [0.05, 0.1) is 68.3 Å². The molecule has 0 aliphatic rings. The van der Waals surface area contributed by atoms with Gasteiger partial charge in [-0.05, 0) is 88.4 Å². The van der Waals surface area contributed by atoms with Gasteiger partial charge in [0.1, 0.15) is 71.8 Å². The van der Waals surface area contributed by atoms with Crippen LogP contribution >= 0.6 is 0 Å². The van der Waals surface area contributed by atoms with E-state index in [0.717, 1.165) is 72.8 Å². The number of aryl methyl sites for hydroxylation is 4. The lowest BCUT2D eigenvalue weighted by Gasteiger charge is -2.35. The van der Waals surface area contributed by atoms with Crippen LogP contribution in [0.4, 0.5) is 80.6 Å². The van der Waals surface area contributed by atoms with Crippen molar-refractivity contribution in [2.24, 2.45) is 0 Å². The minimum absolute atomic E-state index is 0.00732. The Morgan fingerprint density at radius 1 is 0.289 bits per heavy atom. The van der Waals surface area contributed by atoms with E-state index in [4.69, 9.17) is 0 Å². The Labute approximate surface area is 426 Å². The molecular weight excluding hydrogens is 993 g/mol. The fourth-order valence-corrected chi connectivity index (χ4v) is 10.0. The maximum atomic E-state index is 15.6. The summed E-state index contributed by atoms with van der Waals surface area (Å²) in [5.41, 5.74) is 3.18. The average Bonchev–Trinajstić information content (AvgIpc) is 4.27. The van der Waals surface area contributed by atoms with E-state index in [2.05, 4.69) is 19.9 Å². The van der Waals surface area contributed by atoms with Crippen molar-refractivity contribution in [3.63, 3.8) is 0 Å². The predicted octanol–water partition coefficient (Wildman–Crippen LogP) is 14.1. The molecule has 0 saturated carbocycles. The summed E-state index contributed by atoms with van der Waals surface area (Å²) in [5, 5.41) is 8.81. The predicted molar refractivity (Wildman–Crippen MR) is 274 cm³/mol. The van der Waals surface area contributed by atoms with Crippen LogP contribution in [0.5, 0.6) is 0 Å². The van der Waals surface area contributed by atoms with Crippen LogP contribution < -0.4 is 20.0 Å². The maximum absolute atomic E-state index is 15.6. The van der Waals surface area contributed by atoms with Crippen molar-refractivity contribution in [3.8, 4) is 0 Å². The quantitative estimate of drug-likeness (QED) is 0.0884. The van der Waals surface area contributed by atoms with Gasteiger partial charge in [0, 0.05) is 81.4 Å².